The molecular weight excluding hydrogens is 462 g/mol. The monoisotopic (exact) mass is 491 g/mol. The summed E-state index contributed by atoms with van der Waals surface area (Å²) >= 11 is 0. The molecule has 1 aliphatic rings. The minimum Gasteiger partial charge on any atom is -0.465 e. The van der Waals surface area contributed by atoms with E-state index >= 15 is 0 Å². The first-order valence-corrected chi connectivity index (χ1v) is 10.1. The van der Waals surface area contributed by atoms with Crippen LogP contribution in [0.3, 0.4) is 0 Å². The Morgan fingerprint density at radius 3 is 2.00 bits per heavy atom. The van der Waals surface area contributed by atoms with Crippen LogP contribution in [0.2, 0.25) is 0 Å². The van der Waals surface area contributed by atoms with Gasteiger partial charge in [-0.05, 0) is 0 Å². The molecule has 1 aliphatic heterocycles. The SMILES string of the molecule is COC(=O)C1(O)CC(OC(C)=O)C(NC(C)=O)C([C@H](OC(C)=O)[C@@H](COC(C)=O)OC(C)=O)O1. The first-order chi connectivity index (χ1) is 15.7. The van der Waals surface area contributed by atoms with E-state index in [9.17, 15) is 33.9 Å². The fourth-order valence-electron chi connectivity index (χ4n) is 3.41. The molecule has 1 heterocycles. The normalized spacial score (nSPS) is 25.7. The Balaban J connectivity index is 3.64. The van der Waals surface area contributed by atoms with E-state index < -0.39 is 85.0 Å². The highest BCUT2D eigenvalue weighted by Crippen LogP contribution is 2.34. The number of carbonyl (C=O) groups excluding carboxylic acids is 6. The number of ether oxygens (including phenoxy) is 6. The molecule has 1 saturated heterocycles. The summed E-state index contributed by atoms with van der Waals surface area (Å²) in [7, 11) is 0.964. The van der Waals surface area contributed by atoms with E-state index in [0.29, 0.717) is 0 Å². The Morgan fingerprint density at radius 1 is 0.971 bits per heavy atom. The maximum atomic E-state index is 12.3. The van der Waals surface area contributed by atoms with Crippen LogP contribution in [0.5, 0.6) is 0 Å². The maximum Gasteiger partial charge on any atom is 0.366 e. The molecule has 192 valence electrons. The van der Waals surface area contributed by atoms with Gasteiger partial charge in [-0.2, -0.15) is 0 Å². The highest BCUT2D eigenvalue weighted by molar-refractivity contribution is 5.78. The molecule has 4 unspecified atom stereocenters. The van der Waals surface area contributed by atoms with Crippen molar-refractivity contribution >= 4 is 35.8 Å². The molecule has 1 rings (SSSR count). The molecule has 0 aromatic rings. The fourth-order valence-corrected chi connectivity index (χ4v) is 3.41. The van der Waals surface area contributed by atoms with E-state index in [0.717, 1.165) is 41.7 Å². The van der Waals surface area contributed by atoms with Gasteiger partial charge in [-0.3, -0.25) is 24.0 Å². The summed E-state index contributed by atoms with van der Waals surface area (Å²) < 4.78 is 30.6. The summed E-state index contributed by atoms with van der Waals surface area (Å²) in [6, 6.07) is -1.31. The number of hydrogen-bond donors (Lipinski definition) is 2. The molecule has 1 fully saturated rings. The molecule has 0 radical (unpaired) electrons. The van der Waals surface area contributed by atoms with Crippen LogP contribution in [0.1, 0.15) is 41.0 Å². The number of methoxy groups -OCH3 is 1. The van der Waals surface area contributed by atoms with Crippen molar-refractivity contribution < 1.29 is 62.3 Å². The third-order valence-electron chi connectivity index (χ3n) is 4.52. The van der Waals surface area contributed by atoms with Crippen molar-refractivity contribution in [2.24, 2.45) is 0 Å². The molecule has 1 amide bonds. The van der Waals surface area contributed by atoms with Gasteiger partial charge >= 0.3 is 29.8 Å². The lowest BCUT2D eigenvalue weighted by Crippen LogP contribution is -2.68. The fraction of sp³-hybridized carbons (Fsp3) is 0.700. The van der Waals surface area contributed by atoms with E-state index in [-0.39, 0.29) is 0 Å². The summed E-state index contributed by atoms with van der Waals surface area (Å²) in [6.45, 7) is 4.69. The van der Waals surface area contributed by atoms with Crippen LogP contribution in [-0.2, 0) is 57.2 Å². The van der Waals surface area contributed by atoms with E-state index in [1.54, 1.807) is 0 Å². The van der Waals surface area contributed by atoms with Crippen LogP contribution in [-0.4, -0.2) is 90.8 Å². The van der Waals surface area contributed by atoms with Crippen molar-refractivity contribution in [2.45, 2.75) is 77.3 Å². The molecule has 14 heteroatoms. The van der Waals surface area contributed by atoms with Gasteiger partial charge in [0.05, 0.1) is 19.6 Å². The van der Waals surface area contributed by atoms with Gasteiger partial charge in [0, 0.05) is 34.6 Å². The van der Waals surface area contributed by atoms with Gasteiger partial charge in [0.1, 0.15) is 18.8 Å². The third-order valence-corrected chi connectivity index (χ3v) is 4.52. The van der Waals surface area contributed by atoms with Gasteiger partial charge in [0.15, 0.2) is 12.2 Å². The number of nitrogens with one attached hydrogen (secondary N) is 1. The quantitative estimate of drug-likeness (QED) is 0.280. The zero-order valence-electron chi connectivity index (χ0n) is 19.6. The lowest BCUT2D eigenvalue weighted by Gasteiger charge is -2.46. The first kappa shape index (κ1) is 28.8. The van der Waals surface area contributed by atoms with Gasteiger partial charge in [0.25, 0.3) is 5.79 Å². The Bertz CT molecular complexity index is 812. The average Bonchev–Trinajstić information content (AvgIpc) is 2.69. The number of hydrogen-bond acceptors (Lipinski definition) is 13. The van der Waals surface area contributed by atoms with Crippen LogP contribution < -0.4 is 5.32 Å². The molecule has 0 saturated carbocycles. The highest BCUT2D eigenvalue weighted by Gasteiger charge is 2.57. The molecule has 0 spiro atoms. The molecule has 14 nitrogen and oxygen atoms in total. The van der Waals surface area contributed by atoms with Crippen molar-refractivity contribution in [2.75, 3.05) is 13.7 Å². The largest absolute Gasteiger partial charge is 0.465 e. The minimum absolute atomic E-state index is 0.617. The van der Waals surface area contributed by atoms with Crippen LogP contribution in [0.4, 0.5) is 0 Å². The van der Waals surface area contributed by atoms with Crippen LogP contribution >= 0.6 is 0 Å². The topological polar surface area (TPSA) is 190 Å². The Hall–Kier alpha value is -3.26. The number of carbonyl (C=O) groups is 6. The van der Waals surface area contributed by atoms with Crippen molar-refractivity contribution in [3.05, 3.63) is 0 Å². The van der Waals surface area contributed by atoms with Gasteiger partial charge in [-0.25, -0.2) is 4.79 Å². The summed E-state index contributed by atoms with van der Waals surface area (Å²) in [5.41, 5.74) is 0. The third kappa shape index (κ3) is 8.26. The van der Waals surface area contributed by atoms with Gasteiger partial charge < -0.3 is 38.8 Å². The van der Waals surface area contributed by atoms with Gasteiger partial charge in [-0.15, -0.1) is 0 Å². The molecule has 0 aromatic heterocycles. The second kappa shape index (κ2) is 12.3. The molecule has 0 aliphatic carbocycles. The van der Waals surface area contributed by atoms with Crippen LogP contribution in [0.15, 0.2) is 0 Å². The minimum atomic E-state index is -2.71. The average molecular weight is 491 g/mol. The number of esters is 5. The molecule has 2 N–H and O–H groups in total. The number of amides is 1. The highest BCUT2D eigenvalue weighted by atomic mass is 16.7. The number of rotatable bonds is 9. The molecule has 0 aromatic carbocycles. The Kier molecular flexibility index (Phi) is 10.4. The van der Waals surface area contributed by atoms with Crippen LogP contribution in [0.25, 0.3) is 0 Å². The van der Waals surface area contributed by atoms with Crippen molar-refractivity contribution in [1.29, 1.82) is 0 Å². The Labute approximate surface area is 195 Å². The summed E-state index contributed by atoms with van der Waals surface area (Å²) in [6.07, 6.45) is -6.86. The predicted octanol–water partition coefficient (Wildman–Crippen LogP) is -1.50. The van der Waals surface area contributed by atoms with Gasteiger partial charge in [0.2, 0.25) is 5.91 Å². The van der Waals surface area contributed by atoms with E-state index in [1.807, 2.05) is 0 Å². The standard InChI is InChI=1S/C20H29NO13/c1-9(22)21-16-14(31-11(3)24)7-20(28,19(27)29-6)34-18(16)17(33-13(5)26)15(32-12(4)25)8-30-10(2)23/h14-18,28H,7-8H2,1-6H3,(H,21,22)/t14?,15-,16?,17-,18?,20?/m1/s1. The first-order valence-electron chi connectivity index (χ1n) is 10.1. The molecule has 34 heavy (non-hydrogen) atoms. The summed E-state index contributed by atoms with van der Waals surface area (Å²) in [5.74, 6) is -7.98. The van der Waals surface area contributed by atoms with Crippen molar-refractivity contribution in [3.8, 4) is 0 Å². The van der Waals surface area contributed by atoms with Crippen LogP contribution in [0, 0.1) is 0 Å². The molecular formula is C20H29NO13. The zero-order chi connectivity index (χ0) is 26.2. The van der Waals surface area contributed by atoms with Gasteiger partial charge in [-0.1, -0.05) is 0 Å². The second-order valence-electron chi connectivity index (χ2n) is 7.46. The smallest absolute Gasteiger partial charge is 0.366 e. The zero-order valence-corrected chi connectivity index (χ0v) is 19.6. The molecule has 6 atom stereocenters. The summed E-state index contributed by atoms with van der Waals surface area (Å²) in [4.78, 5) is 70.9. The molecule has 0 bridgehead atoms. The second-order valence-corrected chi connectivity index (χ2v) is 7.46. The van der Waals surface area contributed by atoms with E-state index in [2.05, 4.69) is 10.1 Å². The lowest BCUT2D eigenvalue weighted by atomic mass is 9.88. The van der Waals surface area contributed by atoms with Crippen molar-refractivity contribution in [1.82, 2.24) is 5.32 Å². The lowest BCUT2D eigenvalue weighted by molar-refractivity contribution is -0.299. The predicted molar refractivity (Wildman–Crippen MR) is 107 cm³/mol. The Morgan fingerprint density at radius 2 is 1.56 bits per heavy atom. The van der Waals surface area contributed by atoms with E-state index in [4.69, 9.17) is 23.7 Å². The van der Waals surface area contributed by atoms with E-state index in [1.165, 1.54) is 0 Å². The number of aliphatic hydroxyl groups is 1. The summed E-state index contributed by atoms with van der Waals surface area (Å²) in [5, 5.41) is 13.3. The van der Waals surface area contributed by atoms with Crippen molar-refractivity contribution in [3.63, 3.8) is 0 Å². The maximum absolute atomic E-state index is 12.3.